The quantitative estimate of drug-likeness (QED) is 0.612. The summed E-state index contributed by atoms with van der Waals surface area (Å²) in [6.45, 7) is 3.59. The van der Waals surface area contributed by atoms with Crippen LogP contribution >= 0.6 is 35.0 Å². The van der Waals surface area contributed by atoms with Crippen molar-refractivity contribution in [3.05, 3.63) is 52.0 Å². The lowest BCUT2D eigenvalue weighted by atomic mass is 10.2. The molecule has 1 unspecified atom stereocenters. The molecule has 0 aromatic heterocycles. The Balaban J connectivity index is 1.64. The first-order valence-electron chi connectivity index (χ1n) is 8.50. The third-order valence-electron chi connectivity index (χ3n) is 4.08. The summed E-state index contributed by atoms with van der Waals surface area (Å²) in [7, 11) is 0. The third-order valence-corrected chi connectivity index (χ3v) is 5.84. The van der Waals surface area contributed by atoms with Crippen LogP contribution in [0.1, 0.15) is 12.5 Å². The Labute approximate surface area is 177 Å². The maximum atomic E-state index is 10.6. The van der Waals surface area contributed by atoms with Crippen LogP contribution in [0.15, 0.2) is 46.4 Å². The number of halogens is 2. The summed E-state index contributed by atoms with van der Waals surface area (Å²) in [5.74, 6) is 0.289. The summed E-state index contributed by atoms with van der Waals surface area (Å²) in [5.41, 5.74) is 6.00. The second-order valence-corrected chi connectivity index (χ2v) is 8.11. The van der Waals surface area contributed by atoms with Crippen LogP contribution in [0.5, 0.6) is 5.75 Å². The molecule has 2 aromatic carbocycles. The van der Waals surface area contributed by atoms with Crippen LogP contribution in [0.4, 0.5) is 5.69 Å². The highest BCUT2D eigenvalue weighted by molar-refractivity contribution is 8.00. The molecule has 1 heterocycles. The standard InChI is InChI=1S/C19H19Cl2N3O3S/c1-11-7-14(4-6-18(11)27-9-19(25)26)28-10-17-12(2)22-24(23-17)13-3-5-15(20)16(21)8-13/h3-8,12,22H,9-10H2,1-2H3,(H,25,26). The molecule has 0 spiro atoms. The van der Waals surface area contributed by atoms with Gasteiger partial charge < -0.3 is 9.84 Å². The number of thioether (sulfide) groups is 1. The minimum atomic E-state index is -0.995. The second-order valence-electron chi connectivity index (χ2n) is 6.25. The largest absolute Gasteiger partial charge is 0.482 e. The fourth-order valence-corrected chi connectivity index (χ4v) is 3.91. The van der Waals surface area contributed by atoms with Crippen LogP contribution < -0.4 is 15.3 Å². The van der Waals surface area contributed by atoms with E-state index in [1.807, 2.05) is 32.0 Å². The van der Waals surface area contributed by atoms with Crippen LogP contribution in [0.25, 0.3) is 0 Å². The van der Waals surface area contributed by atoms with E-state index >= 15 is 0 Å². The first-order chi connectivity index (χ1) is 13.3. The molecular weight excluding hydrogens is 421 g/mol. The molecule has 6 nitrogen and oxygen atoms in total. The minimum absolute atomic E-state index is 0.0845. The SMILES string of the molecule is Cc1cc(SCC2=NN(c3ccc(Cl)c(Cl)c3)NC2C)ccc1OCC(=O)O. The molecule has 0 bridgehead atoms. The molecule has 28 heavy (non-hydrogen) atoms. The van der Waals surface area contributed by atoms with E-state index in [0.717, 1.165) is 21.9 Å². The number of carbonyl (C=O) groups is 1. The van der Waals surface area contributed by atoms with E-state index < -0.39 is 5.97 Å². The van der Waals surface area contributed by atoms with Crippen molar-refractivity contribution in [3.8, 4) is 5.75 Å². The summed E-state index contributed by atoms with van der Waals surface area (Å²) in [6, 6.07) is 11.1. The van der Waals surface area contributed by atoms with Crippen LogP contribution in [-0.4, -0.2) is 35.2 Å². The van der Waals surface area contributed by atoms with Gasteiger partial charge in [-0.3, -0.25) is 0 Å². The van der Waals surface area contributed by atoms with Crippen molar-refractivity contribution >= 4 is 52.3 Å². The predicted octanol–water partition coefficient (Wildman–Crippen LogP) is 4.63. The number of rotatable bonds is 7. The normalized spacial score (nSPS) is 16.2. The Hall–Kier alpha value is -1.93. The van der Waals surface area contributed by atoms with Crippen LogP contribution in [-0.2, 0) is 4.79 Å². The predicted molar refractivity (Wildman–Crippen MR) is 114 cm³/mol. The first-order valence-corrected chi connectivity index (χ1v) is 10.2. The summed E-state index contributed by atoms with van der Waals surface area (Å²) in [4.78, 5) is 11.7. The number of hydrazone groups is 1. The van der Waals surface area contributed by atoms with Gasteiger partial charge in [0.25, 0.3) is 0 Å². The number of carboxylic acids is 1. The van der Waals surface area contributed by atoms with E-state index in [0.29, 0.717) is 21.5 Å². The van der Waals surface area contributed by atoms with Crippen LogP contribution in [0.3, 0.4) is 0 Å². The van der Waals surface area contributed by atoms with Gasteiger partial charge in [0.15, 0.2) is 6.61 Å². The van der Waals surface area contributed by atoms with E-state index in [-0.39, 0.29) is 12.6 Å². The van der Waals surface area contributed by atoms with Gasteiger partial charge in [0.05, 0.1) is 27.5 Å². The number of benzene rings is 2. The topological polar surface area (TPSA) is 74.2 Å². The molecule has 1 aliphatic heterocycles. The van der Waals surface area contributed by atoms with E-state index in [1.54, 1.807) is 35.1 Å². The van der Waals surface area contributed by atoms with Crippen LogP contribution in [0, 0.1) is 6.92 Å². The molecule has 0 fully saturated rings. The molecule has 1 atom stereocenters. The molecule has 0 amide bonds. The summed E-state index contributed by atoms with van der Waals surface area (Å²) in [6.07, 6.45) is 0. The van der Waals surface area contributed by atoms with Crippen molar-refractivity contribution in [1.82, 2.24) is 5.43 Å². The van der Waals surface area contributed by atoms with Crippen molar-refractivity contribution in [2.24, 2.45) is 5.10 Å². The zero-order valence-corrected chi connectivity index (χ0v) is 17.6. The number of hydrogen-bond acceptors (Lipinski definition) is 6. The van der Waals surface area contributed by atoms with Crippen molar-refractivity contribution in [1.29, 1.82) is 0 Å². The zero-order chi connectivity index (χ0) is 20.3. The van der Waals surface area contributed by atoms with Crippen molar-refractivity contribution in [2.75, 3.05) is 17.5 Å². The highest BCUT2D eigenvalue weighted by atomic mass is 35.5. The van der Waals surface area contributed by atoms with Crippen molar-refractivity contribution in [3.63, 3.8) is 0 Å². The van der Waals surface area contributed by atoms with Gasteiger partial charge in [-0.25, -0.2) is 10.2 Å². The number of aryl methyl sites for hydroxylation is 1. The van der Waals surface area contributed by atoms with Gasteiger partial charge in [-0.2, -0.15) is 10.2 Å². The molecule has 0 radical (unpaired) electrons. The average Bonchev–Trinajstić information content (AvgIpc) is 3.02. The Morgan fingerprint density at radius 1 is 1.29 bits per heavy atom. The van der Waals surface area contributed by atoms with Gasteiger partial charge in [0.1, 0.15) is 5.75 Å². The molecule has 0 saturated heterocycles. The van der Waals surface area contributed by atoms with Gasteiger partial charge in [-0.1, -0.05) is 23.2 Å². The van der Waals surface area contributed by atoms with Gasteiger partial charge in [0.2, 0.25) is 0 Å². The summed E-state index contributed by atoms with van der Waals surface area (Å²) < 4.78 is 5.26. The lowest BCUT2D eigenvalue weighted by Gasteiger charge is -2.16. The Bertz CT molecular complexity index is 923. The highest BCUT2D eigenvalue weighted by Gasteiger charge is 2.23. The number of hydrazine groups is 1. The van der Waals surface area contributed by atoms with Gasteiger partial charge in [-0.05, 0) is 55.8 Å². The highest BCUT2D eigenvalue weighted by Crippen LogP contribution is 2.29. The first kappa shape index (κ1) is 20.8. The molecule has 148 valence electrons. The lowest BCUT2D eigenvalue weighted by Crippen LogP contribution is -2.36. The lowest BCUT2D eigenvalue weighted by molar-refractivity contribution is -0.139. The number of nitrogens with one attached hydrogen (secondary N) is 1. The van der Waals surface area contributed by atoms with E-state index in [9.17, 15) is 4.79 Å². The fourth-order valence-electron chi connectivity index (χ4n) is 2.58. The second kappa shape index (κ2) is 9.05. The van der Waals surface area contributed by atoms with E-state index in [1.165, 1.54) is 0 Å². The number of aliphatic carboxylic acids is 1. The molecule has 0 saturated carbocycles. The Kier molecular flexibility index (Phi) is 6.72. The fraction of sp³-hybridized carbons (Fsp3) is 0.263. The number of ether oxygens (including phenoxy) is 1. The summed E-state index contributed by atoms with van der Waals surface area (Å²) in [5, 5.41) is 16.0. The van der Waals surface area contributed by atoms with E-state index in [4.69, 9.17) is 33.0 Å². The molecule has 0 aliphatic carbocycles. The molecular formula is C19H19Cl2N3O3S. The zero-order valence-electron chi connectivity index (χ0n) is 15.3. The van der Waals surface area contributed by atoms with Gasteiger partial charge in [0, 0.05) is 10.6 Å². The number of nitrogens with zero attached hydrogens (tertiary/aromatic N) is 2. The Morgan fingerprint density at radius 3 is 2.75 bits per heavy atom. The van der Waals surface area contributed by atoms with Crippen molar-refractivity contribution in [2.45, 2.75) is 24.8 Å². The maximum absolute atomic E-state index is 10.6. The monoisotopic (exact) mass is 439 g/mol. The molecule has 3 rings (SSSR count). The molecule has 1 aliphatic rings. The smallest absolute Gasteiger partial charge is 0.341 e. The van der Waals surface area contributed by atoms with Gasteiger partial charge in [-0.15, -0.1) is 11.8 Å². The molecule has 2 N–H and O–H groups in total. The molecule has 2 aromatic rings. The maximum Gasteiger partial charge on any atom is 0.341 e. The molecule has 9 heteroatoms. The van der Waals surface area contributed by atoms with Crippen LogP contribution in [0.2, 0.25) is 10.0 Å². The number of hydrogen-bond donors (Lipinski definition) is 2. The number of anilines is 1. The third kappa shape index (κ3) is 5.11. The Morgan fingerprint density at radius 2 is 2.07 bits per heavy atom. The number of carboxylic acid groups (broad SMARTS) is 1. The van der Waals surface area contributed by atoms with E-state index in [2.05, 4.69) is 10.5 Å². The summed E-state index contributed by atoms with van der Waals surface area (Å²) >= 11 is 13.7. The minimum Gasteiger partial charge on any atom is -0.482 e. The average molecular weight is 440 g/mol. The van der Waals surface area contributed by atoms with Gasteiger partial charge >= 0.3 is 5.97 Å². The van der Waals surface area contributed by atoms with Crippen molar-refractivity contribution < 1.29 is 14.6 Å².